The van der Waals surface area contributed by atoms with Gasteiger partial charge in [-0.15, -0.1) is 0 Å². The van der Waals surface area contributed by atoms with E-state index >= 15 is 0 Å². The van der Waals surface area contributed by atoms with Gasteiger partial charge in [0.15, 0.2) is 0 Å². The molecule has 3 unspecified atom stereocenters. The zero-order valence-electron chi connectivity index (χ0n) is 34.9. The van der Waals surface area contributed by atoms with E-state index in [4.69, 9.17) is 9.05 Å². The number of nitrogens with one attached hydrogen (secondary N) is 1. The molecule has 8 nitrogen and oxygen atoms in total. The molecular weight excluding hydrogens is 707 g/mol. The molecule has 9 heteroatoms. The molecule has 0 rings (SSSR count). The average molecular weight is 784 g/mol. The number of aliphatic hydroxyl groups is 1. The number of nitrogens with zero attached hydrogens (tertiary/aromatic N) is 1. The predicted octanol–water partition coefficient (Wildman–Crippen LogP) is 11.1. The molecule has 0 aromatic rings. The summed E-state index contributed by atoms with van der Waals surface area (Å²) in [7, 11) is 1.50. The second-order valence-electron chi connectivity index (χ2n) is 14.3. The second kappa shape index (κ2) is 36.5. The maximum atomic E-state index is 12.7. The molecule has 0 fully saturated rings. The first kappa shape index (κ1) is 51.9. The third kappa shape index (κ3) is 39.0. The zero-order valence-corrected chi connectivity index (χ0v) is 35.7. The third-order valence-electron chi connectivity index (χ3n) is 7.94. The van der Waals surface area contributed by atoms with Gasteiger partial charge in [0.1, 0.15) is 13.2 Å². The van der Waals surface area contributed by atoms with Crippen LogP contribution >= 0.6 is 7.82 Å². The third-order valence-corrected chi connectivity index (χ3v) is 8.92. The number of quaternary nitrogens is 1. The lowest BCUT2D eigenvalue weighted by molar-refractivity contribution is -0.870. The van der Waals surface area contributed by atoms with Crippen LogP contribution in [0.4, 0.5) is 0 Å². The summed E-state index contributed by atoms with van der Waals surface area (Å²) >= 11 is 0. The molecule has 3 N–H and O–H groups in total. The minimum Gasteiger partial charge on any atom is -0.387 e. The number of allylic oxidation sites excluding steroid dienone is 19. The lowest BCUT2D eigenvalue weighted by Gasteiger charge is -2.25. The molecule has 0 aliphatic rings. The average Bonchev–Trinajstić information content (AvgIpc) is 3.13. The van der Waals surface area contributed by atoms with Crippen LogP contribution in [0, 0.1) is 0 Å². The van der Waals surface area contributed by atoms with Gasteiger partial charge in [0.25, 0.3) is 0 Å². The van der Waals surface area contributed by atoms with Gasteiger partial charge in [-0.05, 0) is 77.0 Å². The summed E-state index contributed by atoms with van der Waals surface area (Å²) in [6.07, 6.45) is 54.9. The number of aliphatic hydroxyl groups excluding tert-OH is 1. The van der Waals surface area contributed by atoms with Gasteiger partial charge < -0.3 is 19.8 Å². The molecular formula is C46H76N2O6P+. The van der Waals surface area contributed by atoms with Crippen molar-refractivity contribution < 1.29 is 32.9 Å². The SMILES string of the molecule is CC/C=C\C/C=C\C/C=C\C/C=C\C/C=C\C/C=C\C/C=C\C/C=C\C/C=C\CCCC(=O)NC(COP(=O)(O)OCC[N+](C)(C)C)C(O)/C=C/CCCC. The number of rotatable bonds is 34. The summed E-state index contributed by atoms with van der Waals surface area (Å²) in [4.78, 5) is 22.8. The Hall–Kier alpha value is -3.10. The van der Waals surface area contributed by atoms with Crippen LogP contribution in [-0.2, 0) is 18.4 Å². The van der Waals surface area contributed by atoms with Crippen LogP contribution in [0.3, 0.4) is 0 Å². The minimum absolute atomic E-state index is 0.0415. The smallest absolute Gasteiger partial charge is 0.387 e. The van der Waals surface area contributed by atoms with Crippen molar-refractivity contribution in [3.63, 3.8) is 0 Å². The van der Waals surface area contributed by atoms with E-state index in [-0.39, 0.29) is 25.5 Å². The van der Waals surface area contributed by atoms with Crippen LogP contribution in [0.25, 0.3) is 0 Å². The summed E-state index contributed by atoms with van der Waals surface area (Å²) in [5, 5.41) is 13.5. The lowest BCUT2D eigenvalue weighted by atomic mass is 10.1. The van der Waals surface area contributed by atoms with E-state index in [1.165, 1.54) is 0 Å². The molecule has 0 saturated heterocycles. The van der Waals surface area contributed by atoms with Crippen molar-refractivity contribution in [1.82, 2.24) is 5.32 Å². The topological polar surface area (TPSA) is 105 Å². The van der Waals surface area contributed by atoms with Gasteiger partial charge in [-0.25, -0.2) is 4.57 Å². The minimum atomic E-state index is -4.34. The fraction of sp³-hybridized carbons (Fsp3) is 0.543. The van der Waals surface area contributed by atoms with E-state index in [9.17, 15) is 19.4 Å². The molecule has 0 aliphatic carbocycles. The Labute approximate surface area is 335 Å². The highest BCUT2D eigenvalue weighted by Crippen LogP contribution is 2.43. The highest BCUT2D eigenvalue weighted by atomic mass is 31.2. The maximum Gasteiger partial charge on any atom is 0.472 e. The lowest BCUT2D eigenvalue weighted by Crippen LogP contribution is -2.45. The summed E-state index contributed by atoms with van der Waals surface area (Å²) in [6.45, 7) is 4.44. The molecule has 0 spiro atoms. The van der Waals surface area contributed by atoms with Crippen LogP contribution in [0.5, 0.6) is 0 Å². The van der Waals surface area contributed by atoms with Crippen molar-refractivity contribution >= 4 is 13.7 Å². The first-order valence-electron chi connectivity index (χ1n) is 20.4. The number of amides is 1. The number of hydrogen-bond donors (Lipinski definition) is 3. The van der Waals surface area contributed by atoms with Crippen LogP contribution in [0.15, 0.2) is 122 Å². The van der Waals surface area contributed by atoms with Gasteiger partial charge in [-0.1, -0.05) is 148 Å². The molecule has 0 aromatic heterocycles. The standard InChI is InChI=1S/C46H75N2O6P/c1-6-8-10-12-13-14-15-16-17-18-19-20-21-22-23-24-25-26-27-28-29-30-31-32-33-34-35-36-38-40-46(50)47-44(45(49)39-37-11-9-7-2)43-54-55(51,52)53-42-41-48(3,4)5/h8,10,13-14,16-17,19-20,22-23,25-26,28-29,31-32,34-35,37,39,44-45,49H,6-7,9,11-12,15,18,21,24,27,30,33,36,38,40-43H2,1-5H3,(H-,47,50,51,52)/p+1/b10-8-,14-13-,17-16-,20-19-,23-22-,26-25-,29-28-,32-31-,35-34-,39-37+. The molecule has 55 heavy (non-hydrogen) atoms. The van der Waals surface area contributed by atoms with Crippen molar-refractivity contribution in [2.45, 2.75) is 122 Å². The van der Waals surface area contributed by atoms with Crippen molar-refractivity contribution in [2.75, 3.05) is 40.9 Å². The number of hydrogen-bond acceptors (Lipinski definition) is 5. The predicted molar refractivity (Wildman–Crippen MR) is 235 cm³/mol. The number of phosphoric acid groups is 1. The Morgan fingerprint density at radius 2 is 1.05 bits per heavy atom. The van der Waals surface area contributed by atoms with Gasteiger partial charge in [-0.3, -0.25) is 13.8 Å². The van der Waals surface area contributed by atoms with Gasteiger partial charge in [0.2, 0.25) is 5.91 Å². The van der Waals surface area contributed by atoms with E-state index in [1.54, 1.807) is 6.08 Å². The molecule has 0 radical (unpaired) electrons. The van der Waals surface area contributed by atoms with Gasteiger partial charge in [-0.2, -0.15) is 0 Å². The molecule has 3 atom stereocenters. The van der Waals surface area contributed by atoms with E-state index in [1.807, 2.05) is 27.2 Å². The number of carbonyl (C=O) groups excluding carboxylic acids is 1. The highest BCUT2D eigenvalue weighted by Gasteiger charge is 2.27. The largest absolute Gasteiger partial charge is 0.472 e. The van der Waals surface area contributed by atoms with Gasteiger partial charge in [0, 0.05) is 6.42 Å². The normalized spacial score (nSPS) is 15.7. The first-order chi connectivity index (χ1) is 26.5. The van der Waals surface area contributed by atoms with Crippen LogP contribution < -0.4 is 5.32 Å². The van der Waals surface area contributed by atoms with E-state index in [0.717, 1.165) is 83.5 Å². The first-order valence-corrected chi connectivity index (χ1v) is 21.9. The van der Waals surface area contributed by atoms with Crippen molar-refractivity contribution in [3.05, 3.63) is 122 Å². The molecule has 0 saturated carbocycles. The number of likely N-dealkylation sites (N-methyl/N-ethyl adjacent to an activating group) is 1. The maximum absolute atomic E-state index is 12.7. The second-order valence-corrected chi connectivity index (χ2v) is 15.7. The molecule has 0 aliphatic heterocycles. The van der Waals surface area contributed by atoms with Gasteiger partial charge >= 0.3 is 7.82 Å². The van der Waals surface area contributed by atoms with Crippen LogP contribution in [-0.4, -0.2) is 73.4 Å². The quantitative estimate of drug-likeness (QED) is 0.0260. The molecule has 0 aromatic carbocycles. The Kier molecular flexibility index (Phi) is 34.5. The molecule has 0 bridgehead atoms. The summed E-state index contributed by atoms with van der Waals surface area (Å²) in [5.41, 5.74) is 0. The van der Waals surface area contributed by atoms with E-state index < -0.39 is 20.0 Å². The van der Waals surface area contributed by atoms with E-state index in [0.29, 0.717) is 17.4 Å². The van der Waals surface area contributed by atoms with Crippen molar-refractivity contribution in [3.8, 4) is 0 Å². The molecule has 0 heterocycles. The van der Waals surface area contributed by atoms with E-state index in [2.05, 4.69) is 129 Å². The van der Waals surface area contributed by atoms with Crippen LogP contribution in [0.2, 0.25) is 0 Å². The summed E-state index contributed by atoms with van der Waals surface area (Å²) in [6, 6.07) is -0.881. The summed E-state index contributed by atoms with van der Waals surface area (Å²) < 4.78 is 23.2. The zero-order chi connectivity index (χ0) is 40.7. The Morgan fingerprint density at radius 3 is 1.47 bits per heavy atom. The van der Waals surface area contributed by atoms with Crippen molar-refractivity contribution in [1.29, 1.82) is 0 Å². The van der Waals surface area contributed by atoms with Crippen LogP contribution in [0.1, 0.15) is 110 Å². The molecule has 1 amide bonds. The highest BCUT2D eigenvalue weighted by molar-refractivity contribution is 7.47. The van der Waals surface area contributed by atoms with Gasteiger partial charge in [0.05, 0.1) is 39.9 Å². The number of phosphoric ester groups is 1. The Bertz CT molecular complexity index is 1300. The monoisotopic (exact) mass is 784 g/mol. The van der Waals surface area contributed by atoms with Crippen molar-refractivity contribution in [2.24, 2.45) is 0 Å². The summed E-state index contributed by atoms with van der Waals surface area (Å²) in [5.74, 6) is -0.252. The molecule has 310 valence electrons. The Morgan fingerprint density at radius 1 is 0.636 bits per heavy atom. The fourth-order valence-electron chi connectivity index (χ4n) is 4.67. The number of unbranched alkanes of at least 4 members (excludes halogenated alkanes) is 3. The number of carbonyl (C=O) groups is 1. The fourth-order valence-corrected chi connectivity index (χ4v) is 5.41. The Balaban J connectivity index is 4.23.